The normalized spacial score (nSPS) is 15.8. The summed E-state index contributed by atoms with van der Waals surface area (Å²) in [6.07, 6.45) is 0.963. The highest BCUT2D eigenvalue weighted by atomic mass is 32.1. The van der Waals surface area contributed by atoms with Crippen LogP contribution in [0.25, 0.3) is 0 Å². The molecule has 0 saturated heterocycles. The van der Waals surface area contributed by atoms with E-state index in [0.717, 1.165) is 6.42 Å². The molecular weight excluding hydrogens is 170 g/mol. The van der Waals surface area contributed by atoms with Crippen LogP contribution in [-0.4, -0.2) is 17.2 Å². The zero-order valence-corrected chi connectivity index (χ0v) is 9.19. The Hall–Kier alpha value is -0.180. The minimum atomic E-state index is -0.181. The lowest BCUT2D eigenvalue weighted by Crippen LogP contribution is -2.39. The van der Waals surface area contributed by atoms with Crippen molar-refractivity contribution in [2.24, 2.45) is 5.92 Å². The van der Waals surface area contributed by atoms with E-state index in [1.807, 2.05) is 27.7 Å². The van der Waals surface area contributed by atoms with Crippen LogP contribution in [0.5, 0.6) is 0 Å². The van der Waals surface area contributed by atoms with Gasteiger partial charge in [0.2, 0.25) is 5.91 Å². The van der Waals surface area contributed by atoms with E-state index in [2.05, 4.69) is 17.9 Å². The highest BCUT2D eigenvalue weighted by molar-refractivity contribution is 7.81. The predicted octanol–water partition coefficient (Wildman–Crippen LogP) is 1.86. The van der Waals surface area contributed by atoms with Crippen molar-refractivity contribution >= 4 is 18.5 Å². The van der Waals surface area contributed by atoms with E-state index in [9.17, 15) is 4.79 Å². The molecular formula is C9H19NOS. The summed E-state index contributed by atoms with van der Waals surface area (Å²) in [7, 11) is 0. The fourth-order valence-electron chi connectivity index (χ4n) is 0.733. The minimum Gasteiger partial charge on any atom is -0.353 e. The molecule has 3 heteroatoms. The standard InChI is InChI=1S/C9H19NOS/c1-5-7(4)10-9(11)8(12)6(2)3/h6-8,12H,5H2,1-4H3,(H,10,11). The summed E-state index contributed by atoms with van der Waals surface area (Å²) in [5, 5.41) is 2.71. The highest BCUT2D eigenvalue weighted by Gasteiger charge is 2.18. The van der Waals surface area contributed by atoms with Gasteiger partial charge in [0, 0.05) is 6.04 Å². The second-order valence-corrected chi connectivity index (χ2v) is 4.06. The summed E-state index contributed by atoms with van der Waals surface area (Å²) in [5.74, 6) is 0.333. The van der Waals surface area contributed by atoms with E-state index in [1.54, 1.807) is 0 Å². The first-order valence-electron chi connectivity index (χ1n) is 4.47. The molecule has 0 aromatic carbocycles. The lowest BCUT2D eigenvalue weighted by molar-refractivity contribution is -0.121. The number of rotatable bonds is 4. The predicted molar refractivity (Wildman–Crippen MR) is 55.5 cm³/mol. The molecule has 0 heterocycles. The van der Waals surface area contributed by atoms with Crippen molar-refractivity contribution in [3.63, 3.8) is 0 Å². The number of amides is 1. The number of hydrogen-bond donors (Lipinski definition) is 2. The molecule has 0 spiro atoms. The molecule has 1 N–H and O–H groups in total. The van der Waals surface area contributed by atoms with Crippen LogP contribution in [0.3, 0.4) is 0 Å². The van der Waals surface area contributed by atoms with Gasteiger partial charge >= 0.3 is 0 Å². The number of hydrogen-bond acceptors (Lipinski definition) is 2. The van der Waals surface area contributed by atoms with Crippen LogP contribution < -0.4 is 5.32 Å². The molecule has 0 bridgehead atoms. The molecule has 0 saturated carbocycles. The lowest BCUT2D eigenvalue weighted by Gasteiger charge is -2.17. The molecule has 2 nitrogen and oxygen atoms in total. The maximum atomic E-state index is 11.4. The molecule has 0 rings (SSSR count). The first kappa shape index (κ1) is 11.8. The molecule has 0 aliphatic rings. The second kappa shape index (κ2) is 5.46. The lowest BCUT2D eigenvalue weighted by atomic mass is 10.1. The minimum absolute atomic E-state index is 0.0442. The van der Waals surface area contributed by atoms with Gasteiger partial charge in [-0.1, -0.05) is 20.8 Å². The fraction of sp³-hybridized carbons (Fsp3) is 0.889. The summed E-state index contributed by atoms with van der Waals surface area (Å²) in [6, 6.07) is 0.255. The van der Waals surface area contributed by atoms with Crippen LogP contribution in [0.2, 0.25) is 0 Å². The van der Waals surface area contributed by atoms with Crippen molar-refractivity contribution < 1.29 is 4.79 Å². The quantitative estimate of drug-likeness (QED) is 0.649. The first-order chi connectivity index (χ1) is 5.49. The summed E-state index contributed by atoms with van der Waals surface area (Å²) in [5.41, 5.74) is 0. The van der Waals surface area contributed by atoms with Gasteiger partial charge in [0.15, 0.2) is 0 Å². The SMILES string of the molecule is CCC(C)NC(=O)C(S)C(C)C. The van der Waals surface area contributed by atoms with Crippen LogP contribution in [0.1, 0.15) is 34.1 Å². The Balaban J connectivity index is 3.87. The molecule has 72 valence electrons. The molecule has 0 radical (unpaired) electrons. The van der Waals surface area contributed by atoms with Gasteiger partial charge in [0.25, 0.3) is 0 Å². The van der Waals surface area contributed by atoms with Crippen LogP contribution in [-0.2, 0) is 4.79 Å². The second-order valence-electron chi connectivity index (χ2n) is 3.51. The van der Waals surface area contributed by atoms with E-state index in [4.69, 9.17) is 0 Å². The van der Waals surface area contributed by atoms with Gasteiger partial charge in [-0.15, -0.1) is 0 Å². The first-order valence-corrected chi connectivity index (χ1v) is 4.99. The highest BCUT2D eigenvalue weighted by Crippen LogP contribution is 2.08. The van der Waals surface area contributed by atoms with E-state index >= 15 is 0 Å². The maximum Gasteiger partial charge on any atom is 0.233 e. The molecule has 2 unspecified atom stereocenters. The van der Waals surface area contributed by atoms with Gasteiger partial charge in [0.05, 0.1) is 5.25 Å². The Bertz CT molecular complexity index is 147. The largest absolute Gasteiger partial charge is 0.353 e. The fourth-order valence-corrected chi connectivity index (χ4v) is 0.808. The van der Waals surface area contributed by atoms with Crippen molar-refractivity contribution in [2.45, 2.75) is 45.4 Å². The van der Waals surface area contributed by atoms with Crippen molar-refractivity contribution in [3.05, 3.63) is 0 Å². The molecule has 2 atom stereocenters. The Morgan fingerprint density at radius 1 is 1.42 bits per heavy atom. The average molecular weight is 189 g/mol. The van der Waals surface area contributed by atoms with Crippen molar-refractivity contribution in [2.75, 3.05) is 0 Å². The maximum absolute atomic E-state index is 11.4. The van der Waals surface area contributed by atoms with Gasteiger partial charge in [-0.2, -0.15) is 12.6 Å². The molecule has 0 aromatic heterocycles. The summed E-state index contributed by atoms with van der Waals surface area (Å²) >= 11 is 4.22. The zero-order chi connectivity index (χ0) is 9.72. The average Bonchev–Trinajstić information content (AvgIpc) is 2.02. The topological polar surface area (TPSA) is 29.1 Å². The van der Waals surface area contributed by atoms with Crippen molar-refractivity contribution in [1.82, 2.24) is 5.32 Å². The van der Waals surface area contributed by atoms with Gasteiger partial charge < -0.3 is 5.32 Å². The molecule has 0 aliphatic carbocycles. The van der Waals surface area contributed by atoms with E-state index < -0.39 is 0 Å². The number of carbonyl (C=O) groups excluding carboxylic acids is 1. The summed E-state index contributed by atoms with van der Waals surface area (Å²) in [4.78, 5) is 11.4. The third kappa shape index (κ3) is 4.00. The summed E-state index contributed by atoms with van der Waals surface area (Å²) < 4.78 is 0. The van der Waals surface area contributed by atoms with E-state index in [1.165, 1.54) is 0 Å². The molecule has 12 heavy (non-hydrogen) atoms. The summed E-state index contributed by atoms with van der Waals surface area (Å²) in [6.45, 7) is 8.04. The van der Waals surface area contributed by atoms with Crippen molar-refractivity contribution in [1.29, 1.82) is 0 Å². The molecule has 0 aliphatic heterocycles. The number of thiol groups is 1. The van der Waals surface area contributed by atoms with Gasteiger partial charge in [-0.05, 0) is 19.3 Å². The molecule has 0 aromatic rings. The Morgan fingerprint density at radius 3 is 2.25 bits per heavy atom. The third-order valence-corrected chi connectivity index (χ3v) is 2.73. The van der Waals surface area contributed by atoms with Crippen LogP contribution in [0.4, 0.5) is 0 Å². The number of nitrogens with one attached hydrogen (secondary N) is 1. The van der Waals surface area contributed by atoms with E-state index in [0.29, 0.717) is 0 Å². The van der Waals surface area contributed by atoms with Crippen LogP contribution in [0.15, 0.2) is 0 Å². The van der Waals surface area contributed by atoms with Crippen molar-refractivity contribution in [3.8, 4) is 0 Å². The number of carbonyl (C=O) groups is 1. The van der Waals surface area contributed by atoms with Gasteiger partial charge in [-0.25, -0.2) is 0 Å². The molecule has 0 fully saturated rings. The Kier molecular flexibility index (Phi) is 5.38. The third-order valence-electron chi connectivity index (χ3n) is 1.90. The monoisotopic (exact) mass is 189 g/mol. The smallest absolute Gasteiger partial charge is 0.233 e. The zero-order valence-electron chi connectivity index (χ0n) is 8.29. The van der Waals surface area contributed by atoms with Gasteiger partial charge in [-0.3, -0.25) is 4.79 Å². The molecule has 1 amide bonds. The van der Waals surface area contributed by atoms with Crippen LogP contribution >= 0.6 is 12.6 Å². The van der Waals surface area contributed by atoms with Crippen LogP contribution in [0, 0.1) is 5.92 Å². The Labute approximate surface area is 80.5 Å². The van der Waals surface area contributed by atoms with E-state index in [-0.39, 0.29) is 23.1 Å². The Morgan fingerprint density at radius 2 is 1.92 bits per heavy atom. The van der Waals surface area contributed by atoms with Gasteiger partial charge in [0.1, 0.15) is 0 Å².